The summed E-state index contributed by atoms with van der Waals surface area (Å²) in [5.41, 5.74) is -0.719. The largest absolute Gasteiger partial charge is 0.508 e. The molecule has 0 radical (unpaired) electrons. The Morgan fingerprint density at radius 3 is 2.57 bits per heavy atom. The minimum atomic E-state index is -4.50. The lowest BCUT2D eigenvalue weighted by Crippen LogP contribution is -2.21. The van der Waals surface area contributed by atoms with Gasteiger partial charge in [-0.05, 0) is 17.7 Å². The number of aromatic hydroxyl groups is 2. The number of hydrogen-bond donors (Lipinski definition) is 2. The third kappa shape index (κ3) is 2.81. The Morgan fingerprint density at radius 1 is 1.13 bits per heavy atom. The molecule has 1 atom stereocenters. The fraction of sp³-hybridized carbons (Fsp3) is 0.188. The molecular formula is C16H11F3O4. The molecule has 1 heterocycles. The van der Waals surface area contributed by atoms with Gasteiger partial charge in [0, 0.05) is 12.1 Å². The summed E-state index contributed by atoms with van der Waals surface area (Å²) in [5, 5.41) is 19.2. The van der Waals surface area contributed by atoms with Crippen LogP contribution >= 0.6 is 0 Å². The van der Waals surface area contributed by atoms with Crippen LogP contribution in [0.25, 0.3) is 0 Å². The highest BCUT2D eigenvalue weighted by molar-refractivity contribution is 6.02. The van der Waals surface area contributed by atoms with Gasteiger partial charge in [0.15, 0.2) is 5.78 Å². The number of phenols is 2. The standard InChI is InChI=1S/C16H11F3O4/c17-16(18,19)9-3-1-2-8(4-9)13-7-12(22)15-11(21)5-10(20)6-14(15)23-13/h1-6,13,20-21H,7H2. The van der Waals surface area contributed by atoms with E-state index in [9.17, 15) is 28.2 Å². The summed E-state index contributed by atoms with van der Waals surface area (Å²) in [4.78, 5) is 12.1. The molecule has 4 nitrogen and oxygen atoms in total. The molecule has 0 bridgehead atoms. The molecule has 0 saturated carbocycles. The highest BCUT2D eigenvalue weighted by Crippen LogP contribution is 2.42. The topological polar surface area (TPSA) is 66.8 Å². The van der Waals surface area contributed by atoms with E-state index in [-0.39, 0.29) is 29.0 Å². The van der Waals surface area contributed by atoms with Gasteiger partial charge in [0.05, 0.1) is 12.0 Å². The maximum absolute atomic E-state index is 12.8. The highest BCUT2D eigenvalue weighted by Gasteiger charge is 2.34. The van der Waals surface area contributed by atoms with Crippen molar-refractivity contribution in [3.8, 4) is 17.2 Å². The average Bonchev–Trinajstić information content (AvgIpc) is 2.45. The van der Waals surface area contributed by atoms with Gasteiger partial charge in [-0.1, -0.05) is 12.1 Å². The first-order chi connectivity index (χ1) is 10.8. The molecule has 0 spiro atoms. The molecule has 0 fully saturated rings. The lowest BCUT2D eigenvalue weighted by Gasteiger charge is -2.26. The molecule has 7 heteroatoms. The van der Waals surface area contributed by atoms with Crippen LogP contribution in [-0.4, -0.2) is 16.0 Å². The van der Waals surface area contributed by atoms with E-state index in [4.69, 9.17) is 4.74 Å². The van der Waals surface area contributed by atoms with Gasteiger partial charge in [-0.2, -0.15) is 13.2 Å². The van der Waals surface area contributed by atoms with Gasteiger partial charge >= 0.3 is 6.18 Å². The third-order valence-electron chi connectivity index (χ3n) is 3.57. The lowest BCUT2D eigenvalue weighted by atomic mass is 9.94. The molecule has 2 aromatic carbocycles. The minimum Gasteiger partial charge on any atom is -0.508 e. The van der Waals surface area contributed by atoms with Crippen molar-refractivity contribution >= 4 is 5.78 Å². The van der Waals surface area contributed by atoms with E-state index in [1.54, 1.807) is 0 Å². The van der Waals surface area contributed by atoms with Gasteiger partial charge in [-0.15, -0.1) is 0 Å². The molecule has 0 aliphatic carbocycles. The van der Waals surface area contributed by atoms with E-state index in [0.29, 0.717) is 0 Å². The second kappa shape index (κ2) is 5.19. The number of benzene rings is 2. The van der Waals surface area contributed by atoms with E-state index in [0.717, 1.165) is 24.3 Å². The number of ether oxygens (including phenoxy) is 1. The Kier molecular flexibility index (Phi) is 3.43. The van der Waals surface area contributed by atoms with Crippen molar-refractivity contribution in [2.75, 3.05) is 0 Å². The Labute approximate surface area is 128 Å². The number of carbonyl (C=O) groups is 1. The van der Waals surface area contributed by atoms with Gasteiger partial charge in [0.2, 0.25) is 0 Å². The first-order valence-corrected chi connectivity index (χ1v) is 6.68. The van der Waals surface area contributed by atoms with Gasteiger partial charge in [-0.25, -0.2) is 0 Å². The predicted octanol–water partition coefficient (Wildman–Crippen LogP) is 3.82. The number of ketones is 1. The van der Waals surface area contributed by atoms with Gasteiger partial charge in [-0.3, -0.25) is 4.79 Å². The Balaban J connectivity index is 1.99. The monoisotopic (exact) mass is 324 g/mol. The zero-order chi connectivity index (χ0) is 16.8. The molecule has 2 aromatic rings. The Hall–Kier alpha value is -2.70. The number of phenolic OH excluding ortho intramolecular Hbond substituents is 2. The molecule has 0 aromatic heterocycles. The summed E-state index contributed by atoms with van der Waals surface area (Å²) < 4.78 is 43.9. The average molecular weight is 324 g/mol. The van der Waals surface area contributed by atoms with E-state index in [1.807, 2.05) is 0 Å². The van der Waals surface area contributed by atoms with Crippen LogP contribution in [0, 0.1) is 0 Å². The highest BCUT2D eigenvalue weighted by atomic mass is 19.4. The van der Waals surface area contributed by atoms with Crippen molar-refractivity contribution in [3.63, 3.8) is 0 Å². The fourth-order valence-electron chi connectivity index (χ4n) is 2.53. The minimum absolute atomic E-state index is 0.0545. The fourth-order valence-corrected chi connectivity index (χ4v) is 2.53. The number of hydrogen-bond acceptors (Lipinski definition) is 4. The third-order valence-corrected chi connectivity index (χ3v) is 3.57. The van der Waals surface area contributed by atoms with Crippen LogP contribution < -0.4 is 4.74 Å². The zero-order valence-corrected chi connectivity index (χ0v) is 11.6. The van der Waals surface area contributed by atoms with Crippen molar-refractivity contribution < 1.29 is 32.9 Å². The van der Waals surface area contributed by atoms with Gasteiger partial charge in [0.1, 0.15) is 28.9 Å². The van der Waals surface area contributed by atoms with Crippen molar-refractivity contribution in [1.82, 2.24) is 0 Å². The number of halogens is 3. The second-order valence-electron chi connectivity index (χ2n) is 5.20. The number of Topliss-reactive ketones (excluding diaryl/α,β-unsaturated/α-hetero) is 1. The van der Waals surface area contributed by atoms with E-state index < -0.39 is 29.4 Å². The van der Waals surface area contributed by atoms with Crippen molar-refractivity contribution in [2.45, 2.75) is 18.7 Å². The van der Waals surface area contributed by atoms with Crippen LogP contribution in [0.5, 0.6) is 17.2 Å². The molecule has 1 aliphatic rings. The maximum atomic E-state index is 12.8. The van der Waals surface area contributed by atoms with Crippen LogP contribution in [0.4, 0.5) is 13.2 Å². The zero-order valence-electron chi connectivity index (χ0n) is 11.6. The van der Waals surface area contributed by atoms with Gasteiger partial charge in [0.25, 0.3) is 0 Å². The summed E-state index contributed by atoms with van der Waals surface area (Å²) in [6, 6.07) is 6.67. The molecule has 2 N–H and O–H groups in total. The van der Waals surface area contributed by atoms with Crippen molar-refractivity contribution in [3.05, 3.63) is 53.1 Å². The smallest absolute Gasteiger partial charge is 0.416 e. The molecule has 120 valence electrons. The molecular weight excluding hydrogens is 313 g/mol. The second-order valence-corrected chi connectivity index (χ2v) is 5.20. The Bertz CT molecular complexity index is 783. The normalized spacial score (nSPS) is 17.5. The molecule has 1 unspecified atom stereocenters. The summed E-state index contributed by atoms with van der Waals surface area (Å²) in [6.45, 7) is 0. The van der Waals surface area contributed by atoms with Crippen molar-refractivity contribution in [1.29, 1.82) is 0 Å². The quantitative estimate of drug-likeness (QED) is 0.837. The van der Waals surface area contributed by atoms with E-state index in [1.165, 1.54) is 12.1 Å². The molecule has 0 amide bonds. The molecule has 23 heavy (non-hydrogen) atoms. The molecule has 0 saturated heterocycles. The summed E-state index contributed by atoms with van der Waals surface area (Å²) in [6.07, 6.45) is -5.62. The first-order valence-electron chi connectivity index (χ1n) is 6.68. The SMILES string of the molecule is O=C1CC(c2cccc(C(F)(F)F)c2)Oc2cc(O)cc(O)c21. The summed E-state index contributed by atoms with van der Waals surface area (Å²) >= 11 is 0. The predicted molar refractivity (Wildman–Crippen MR) is 73.5 cm³/mol. The van der Waals surface area contributed by atoms with E-state index in [2.05, 4.69) is 0 Å². The first kappa shape index (κ1) is 15.2. The van der Waals surface area contributed by atoms with Crippen molar-refractivity contribution in [2.24, 2.45) is 0 Å². The molecule has 1 aliphatic heterocycles. The Morgan fingerprint density at radius 2 is 1.87 bits per heavy atom. The van der Waals surface area contributed by atoms with Crippen LogP contribution in [0.1, 0.15) is 34.0 Å². The number of carbonyl (C=O) groups excluding carboxylic acids is 1. The van der Waals surface area contributed by atoms with Gasteiger partial charge < -0.3 is 14.9 Å². The van der Waals surface area contributed by atoms with Crippen LogP contribution in [0.2, 0.25) is 0 Å². The summed E-state index contributed by atoms with van der Waals surface area (Å²) in [5.74, 6) is -1.25. The van der Waals surface area contributed by atoms with E-state index >= 15 is 0 Å². The van der Waals surface area contributed by atoms with Crippen LogP contribution in [0.15, 0.2) is 36.4 Å². The maximum Gasteiger partial charge on any atom is 0.416 e. The number of rotatable bonds is 1. The van der Waals surface area contributed by atoms with Crippen LogP contribution in [-0.2, 0) is 6.18 Å². The number of fused-ring (bicyclic) bond motifs is 1. The number of alkyl halides is 3. The summed E-state index contributed by atoms with van der Waals surface area (Å²) in [7, 11) is 0. The van der Waals surface area contributed by atoms with Crippen LogP contribution in [0.3, 0.4) is 0 Å². The lowest BCUT2D eigenvalue weighted by molar-refractivity contribution is -0.137. The molecule has 3 rings (SSSR count).